The summed E-state index contributed by atoms with van der Waals surface area (Å²) in [6.07, 6.45) is 0. The van der Waals surface area contributed by atoms with Crippen molar-refractivity contribution >= 4 is 17.3 Å². The quantitative estimate of drug-likeness (QED) is 0.668. The molecule has 1 fully saturated rings. The molecule has 4 N–H and O–H groups in total. The van der Waals surface area contributed by atoms with Crippen molar-refractivity contribution in [2.75, 3.05) is 50.0 Å². The predicted octanol–water partition coefficient (Wildman–Crippen LogP) is 0.0813. The van der Waals surface area contributed by atoms with Gasteiger partial charge in [-0.25, -0.2) is 4.79 Å². The summed E-state index contributed by atoms with van der Waals surface area (Å²) >= 11 is 0. The maximum atomic E-state index is 11.0. The molecule has 6 heteroatoms. The van der Waals surface area contributed by atoms with E-state index in [0.29, 0.717) is 12.2 Å². The van der Waals surface area contributed by atoms with Crippen LogP contribution in [-0.2, 0) is 0 Å². The highest BCUT2D eigenvalue weighted by atomic mass is 16.4. The van der Waals surface area contributed by atoms with E-state index < -0.39 is 5.97 Å². The Kier molecular flexibility index (Phi) is 4.24. The number of nitrogens with two attached hydrogens (primary N) is 1. The molecule has 19 heavy (non-hydrogen) atoms. The van der Waals surface area contributed by atoms with Gasteiger partial charge in [0.05, 0.1) is 23.5 Å². The van der Waals surface area contributed by atoms with Crippen LogP contribution in [0.15, 0.2) is 18.2 Å². The molecule has 1 aliphatic heterocycles. The van der Waals surface area contributed by atoms with Crippen LogP contribution in [0.3, 0.4) is 0 Å². The number of nitrogens with zero attached hydrogens (tertiary/aromatic N) is 2. The van der Waals surface area contributed by atoms with E-state index in [4.69, 9.17) is 15.9 Å². The van der Waals surface area contributed by atoms with Crippen molar-refractivity contribution < 1.29 is 15.0 Å². The van der Waals surface area contributed by atoms with Gasteiger partial charge in [-0.15, -0.1) is 0 Å². The van der Waals surface area contributed by atoms with Crippen molar-refractivity contribution in [3.63, 3.8) is 0 Å². The minimum atomic E-state index is -0.944. The molecular formula is C13H19N3O3. The van der Waals surface area contributed by atoms with E-state index in [2.05, 4.69) is 9.80 Å². The number of rotatable bonds is 4. The lowest BCUT2D eigenvalue weighted by Crippen LogP contribution is -2.47. The molecule has 0 saturated carbocycles. The Bertz CT molecular complexity index is 456. The van der Waals surface area contributed by atoms with E-state index >= 15 is 0 Å². The van der Waals surface area contributed by atoms with Gasteiger partial charge in [0.1, 0.15) is 0 Å². The second-order valence-electron chi connectivity index (χ2n) is 4.63. The first-order valence-corrected chi connectivity index (χ1v) is 6.33. The summed E-state index contributed by atoms with van der Waals surface area (Å²) in [5.74, 6) is -0.944. The smallest absolute Gasteiger partial charge is 0.335 e. The van der Waals surface area contributed by atoms with Crippen LogP contribution in [0.25, 0.3) is 0 Å². The van der Waals surface area contributed by atoms with Gasteiger partial charge in [-0.1, -0.05) is 0 Å². The number of carbonyl (C=O) groups is 1. The molecule has 2 rings (SSSR count). The zero-order chi connectivity index (χ0) is 13.8. The molecule has 0 amide bonds. The first-order chi connectivity index (χ1) is 9.11. The summed E-state index contributed by atoms with van der Waals surface area (Å²) in [6.45, 7) is 4.10. The van der Waals surface area contributed by atoms with Gasteiger partial charge in [0.25, 0.3) is 0 Å². The van der Waals surface area contributed by atoms with E-state index in [1.807, 2.05) is 0 Å². The summed E-state index contributed by atoms with van der Waals surface area (Å²) in [5.41, 5.74) is 7.56. The second-order valence-corrected chi connectivity index (χ2v) is 4.63. The third-order valence-corrected chi connectivity index (χ3v) is 3.41. The molecular weight excluding hydrogens is 246 g/mol. The second kappa shape index (κ2) is 5.90. The van der Waals surface area contributed by atoms with Gasteiger partial charge < -0.3 is 20.8 Å². The van der Waals surface area contributed by atoms with Crippen molar-refractivity contribution in [3.05, 3.63) is 23.8 Å². The molecule has 1 aliphatic rings. The standard InChI is InChI=1S/C13H19N3O3/c14-11-2-1-10(13(18)19)9-12(11)16-5-3-15(4-6-16)7-8-17/h1-2,9,17H,3-8,14H2,(H,18,19). The van der Waals surface area contributed by atoms with Gasteiger partial charge in [0.2, 0.25) is 0 Å². The highest BCUT2D eigenvalue weighted by molar-refractivity contribution is 5.90. The monoisotopic (exact) mass is 265 g/mol. The zero-order valence-corrected chi connectivity index (χ0v) is 10.7. The number of anilines is 2. The average molecular weight is 265 g/mol. The van der Waals surface area contributed by atoms with E-state index in [1.165, 1.54) is 6.07 Å². The minimum absolute atomic E-state index is 0.163. The first kappa shape index (κ1) is 13.6. The maximum absolute atomic E-state index is 11.0. The number of piperazine rings is 1. The lowest BCUT2D eigenvalue weighted by Gasteiger charge is -2.36. The van der Waals surface area contributed by atoms with Crippen LogP contribution in [0.1, 0.15) is 10.4 Å². The number of aliphatic hydroxyl groups is 1. The number of hydrogen-bond donors (Lipinski definition) is 3. The van der Waals surface area contributed by atoms with Gasteiger partial charge in [0.15, 0.2) is 0 Å². The molecule has 6 nitrogen and oxygen atoms in total. The fraction of sp³-hybridized carbons (Fsp3) is 0.462. The molecule has 1 aromatic rings. The number of hydrogen-bond acceptors (Lipinski definition) is 5. The molecule has 1 heterocycles. The SMILES string of the molecule is Nc1ccc(C(=O)O)cc1N1CCN(CCO)CC1. The fourth-order valence-corrected chi connectivity index (χ4v) is 2.30. The number of aromatic carboxylic acids is 1. The van der Waals surface area contributed by atoms with Gasteiger partial charge in [-0.05, 0) is 18.2 Å². The van der Waals surface area contributed by atoms with Crippen molar-refractivity contribution in [2.24, 2.45) is 0 Å². The third kappa shape index (κ3) is 3.15. The van der Waals surface area contributed by atoms with Gasteiger partial charge in [-0.3, -0.25) is 4.90 Å². The summed E-state index contributed by atoms with van der Waals surface area (Å²) in [5, 5.41) is 17.9. The Labute approximate surface area is 112 Å². The molecule has 0 unspecified atom stereocenters. The molecule has 0 aliphatic carbocycles. The average Bonchev–Trinajstić information content (AvgIpc) is 2.40. The topological polar surface area (TPSA) is 90.0 Å². The van der Waals surface area contributed by atoms with E-state index in [9.17, 15) is 4.79 Å². The molecule has 0 bridgehead atoms. The fourth-order valence-electron chi connectivity index (χ4n) is 2.30. The van der Waals surface area contributed by atoms with E-state index in [1.54, 1.807) is 12.1 Å². The third-order valence-electron chi connectivity index (χ3n) is 3.41. The van der Waals surface area contributed by atoms with Gasteiger partial charge in [-0.2, -0.15) is 0 Å². The minimum Gasteiger partial charge on any atom is -0.478 e. The highest BCUT2D eigenvalue weighted by Crippen LogP contribution is 2.25. The predicted molar refractivity (Wildman–Crippen MR) is 73.6 cm³/mol. The summed E-state index contributed by atoms with van der Waals surface area (Å²) in [7, 11) is 0. The lowest BCUT2D eigenvalue weighted by molar-refractivity contribution is 0.0697. The number of nitrogen functional groups attached to an aromatic ring is 1. The van der Waals surface area contributed by atoms with E-state index in [-0.39, 0.29) is 12.2 Å². The Balaban J connectivity index is 2.10. The molecule has 104 valence electrons. The Morgan fingerprint density at radius 3 is 2.53 bits per heavy atom. The first-order valence-electron chi connectivity index (χ1n) is 6.33. The van der Waals surface area contributed by atoms with Crippen LogP contribution >= 0.6 is 0 Å². The van der Waals surface area contributed by atoms with Crippen molar-refractivity contribution in [3.8, 4) is 0 Å². The lowest BCUT2D eigenvalue weighted by atomic mass is 10.1. The van der Waals surface area contributed by atoms with E-state index in [0.717, 1.165) is 31.9 Å². The summed E-state index contributed by atoms with van der Waals surface area (Å²) < 4.78 is 0. The summed E-state index contributed by atoms with van der Waals surface area (Å²) in [4.78, 5) is 15.3. The van der Waals surface area contributed by atoms with Crippen LogP contribution < -0.4 is 10.6 Å². The molecule has 0 spiro atoms. The van der Waals surface area contributed by atoms with Crippen LogP contribution in [0.4, 0.5) is 11.4 Å². The number of β-amino-alcohol motifs (C(OH)–C–C–N with tert-alkyl or cyclic N) is 1. The number of carboxylic acids is 1. The van der Waals surface area contributed by atoms with Crippen molar-refractivity contribution in [1.29, 1.82) is 0 Å². The highest BCUT2D eigenvalue weighted by Gasteiger charge is 2.19. The normalized spacial score (nSPS) is 16.6. The van der Waals surface area contributed by atoms with Crippen LogP contribution in [0.5, 0.6) is 0 Å². The largest absolute Gasteiger partial charge is 0.478 e. The van der Waals surface area contributed by atoms with Crippen LogP contribution in [0, 0.1) is 0 Å². The van der Waals surface area contributed by atoms with Crippen molar-refractivity contribution in [1.82, 2.24) is 4.90 Å². The molecule has 0 atom stereocenters. The number of aliphatic hydroxyl groups excluding tert-OH is 1. The Morgan fingerprint density at radius 2 is 1.95 bits per heavy atom. The van der Waals surface area contributed by atoms with Crippen LogP contribution in [-0.4, -0.2) is 60.4 Å². The van der Waals surface area contributed by atoms with Gasteiger partial charge in [0, 0.05) is 32.7 Å². The van der Waals surface area contributed by atoms with Crippen molar-refractivity contribution in [2.45, 2.75) is 0 Å². The number of carboxylic acid groups (broad SMARTS) is 1. The maximum Gasteiger partial charge on any atom is 0.335 e. The Morgan fingerprint density at radius 1 is 1.26 bits per heavy atom. The number of benzene rings is 1. The molecule has 1 aromatic carbocycles. The molecule has 0 aromatic heterocycles. The Hall–Kier alpha value is -1.79. The molecule has 0 radical (unpaired) electrons. The molecule has 1 saturated heterocycles. The van der Waals surface area contributed by atoms with Crippen LogP contribution in [0.2, 0.25) is 0 Å². The zero-order valence-electron chi connectivity index (χ0n) is 10.7. The van der Waals surface area contributed by atoms with Gasteiger partial charge >= 0.3 is 5.97 Å². The summed E-state index contributed by atoms with van der Waals surface area (Å²) in [6, 6.07) is 4.78.